The number of H-pyrrole nitrogens is 2. The number of hydrogen-bond acceptors (Lipinski definition) is 9. The highest BCUT2D eigenvalue weighted by Crippen LogP contribution is 1.44. The SMILES string of the molecule is OB(O)O.c1nn[nH]n1.c1nn[nH]n1. The number of aromatic amines is 2. The van der Waals surface area contributed by atoms with Crippen LogP contribution in [0.25, 0.3) is 0 Å². The summed E-state index contributed by atoms with van der Waals surface area (Å²) in [6.45, 7) is 0. The number of nitrogens with zero attached hydrogens (tertiary/aromatic N) is 6. The molecule has 0 radical (unpaired) electrons. The fourth-order valence-electron chi connectivity index (χ4n) is 0.258. The Morgan fingerprint density at radius 1 is 0.857 bits per heavy atom. The summed E-state index contributed by atoms with van der Waals surface area (Å²) >= 11 is 0. The van der Waals surface area contributed by atoms with Crippen molar-refractivity contribution in [2.75, 3.05) is 0 Å². The Balaban J connectivity index is 0.000000183. The molecule has 14 heavy (non-hydrogen) atoms. The van der Waals surface area contributed by atoms with E-state index in [1.54, 1.807) is 0 Å². The van der Waals surface area contributed by atoms with Crippen LogP contribution in [0.1, 0.15) is 0 Å². The number of nitrogens with one attached hydrogen (secondary N) is 2. The third-order valence-electron chi connectivity index (χ3n) is 0.539. The molecule has 0 unspecified atom stereocenters. The molecule has 0 fully saturated rings. The zero-order chi connectivity index (χ0) is 10.6. The van der Waals surface area contributed by atoms with Gasteiger partial charge >= 0.3 is 7.32 Å². The van der Waals surface area contributed by atoms with E-state index < -0.39 is 7.32 Å². The van der Waals surface area contributed by atoms with E-state index in [9.17, 15) is 0 Å². The van der Waals surface area contributed by atoms with Crippen LogP contribution in [0.5, 0.6) is 0 Å². The van der Waals surface area contributed by atoms with E-state index in [0.717, 1.165) is 0 Å². The molecule has 2 heterocycles. The first kappa shape index (κ1) is 12.1. The van der Waals surface area contributed by atoms with Gasteiger partial charge in [-0.1, -0.05) is 10.4 Å². The molecular formula is C2H7BN8O3. The quantitative estimate of drug-likeness (QED) is 0.270. The predicted octanol–water partition coefficient (Wildman–Crippen LogP) is -3.65. The van der Waals surface area contributed by atoms with E-state index in [4.69, 9.17) is 15.1 Å². The van der Waals surface area contributed by atoms with Gasteiger partial charge in [0.2, 0.25) is 0 Å². The zero-order valence-corrected chi connectivity index (χ0v) is 6.76. The smallest absolute Gasteiger partial charge is 0.402 e. The molecule has 2 rings (SSSR count). The maximum atomic E-state index is 7.17. The van der Waals surface area contributed by atoms with Crippen molar-refractivity contribution in [3.05, 3.63) is 12.7 Å². The Hall–Kier alpha value is -1.92. The second-order valence-corrected chi connectivity index (χ2v) is 1.47. The van der Waals surface area contributed by atoms with Crippen LogP contribution >= 0.6 is 0 Å². The average molecular weight is 202 g/mol. The number of rotatable bonds is 0. The van der Waals surface area contributed by atoms with Crippen LogP contribution in [0.2, 0.25) is 0 Å². The number of aromatic nitrogens is 8. The molecule has 0 saturated carbocycles. The van der Waals surface area contributed by atoms with Crippen molar-refractivity contribution >= 4 is 7.32 Å². The van der Waals surface area contributed by atoms with Crippen molar-refractivity contribution in [1.82, 2.24) is 41.2 Å². The highest BCUT2D eigenvalue weighted by Gasteiger charge is 1.92. The van der Waals surface area contributed by atoms with Gasteiger partial charge in [0.05, 0.1) is 0 Å². The monoisotopic (exact) mass is 202 g/mol. The normalized spacial score (nSPS) is 7.64. The summed E-state index contributed by atoms with van der Waals surface area (Å²) in [5.74, 6) is 0. The van der Waals surface area contributed by atoms with Gasteiger partial charge in [0.1, 0.15) is 0 Å². The Labute approximate surface area is 77.4 Å². The van der Waals surface area contributed by atoms with Gasteiger partial charge in [-0.05, 0) is 0 Å². The lowest BCUT2D eigenvalue weighted by atomic mass is 10.3. The van der Waals surface area contributed by atoms with Crippen molar-refractivity contribution in [3.8, 4) is 0 Å². The molecule has 0 aromatic carbocycles. The predicted molar refractivity (Wildman–Crippen MR) is 40.8 cm³/mol. The fourth-order valence-corrected chi connectivity index (χ4v) is 0.258. The summed E-state index contributed by atoms with van der Waals surface area (Å²) in [5, 5.41) is 45.8. The number of tetrazole rings is 2. The first-order chi connectivity index (χ1) is 6.73. The molecule has 0 saturated heterocycles. The first-order valence-corrected chi connectivity index (χ1v) is 3.10. The Morgan fingerprint density at radius 3 is 1.29 bits per heavy atom. The Morgan fingerprint density at radius 2 is 1.21 bits per heavy atom. The van der Waals surface area contributed by atoms with Gasteiger partial charge in [-0.3, -0.25) is 0 Å². The minimum atomic E-state index is -2.17. The summed E-state index contributed by atoms with van der Waals surface area (Å²) in [4.78, 5) is 0. The van der Waals surface area contributed by atoms with Crippen LogP contribution in [0.4, 0.5) is 0 Å². The summed E-state index contributed by atoms with van der Waals surface area (Å²) < 4.78 is 0. The summed E-state index contributed by atoms with van der Waals surface area (Å²) in [7, 11) is -2.17. The van der Waals surface area contributed by atoms with Crippen molar-refractivity contribution in [2.24, 2.45) is 0 Å². The maximum Gasteiger partial charge on any atom is 0.631 e. The van der Waals surface area contributed by atoms with Crippen LogP contribution in [-0.4, -0.2) is 63.6 Å². The average Bonchev–Trinajstić information content (AvgIpc) is 2.83. The van der Waals surface area contributed by atoms with Crippen LogP contribution in [0, 0.1) is 0 Å². The minimum absolute atomic E-state index is 1.33. The van der Waals surface area contributed by atoms with Gasteiger partial charge in [0, 0.05) is 0 Å². The van der Waals surface area contributed by atoms with Gasteiger partial charge < -0.3 is 15.1 Å². The van der Waals surface area contributed by atoms with E-state index in [2.05, 4.69) is 41.2 Å². The highest BCUT2D eigenvalue weighted by molar-refractivity contribution is 6.30. The molecule has 5 N–H and O–H groups in total. The van der Waals surface area contributed by atoms with Gasteiger partial charge in [-0.15, -0.1) is 20.4 Å². The standard InChI is InChI=1S/2CH2N4.BH3O3/c2*1-2-4-5-3-1;2-1(3)4/h2*1H,(H,2,3,4,5);2-4H. The summed E-state index contributed by atoms with van der Waals surface area (Å²) in [5.41, 5.74) is 0. The molecule has 0 bridgehead atoms. The van der Waals surface area contributed by atoms with Crippen LogP contribution in [0.15, 0.2) is 12.7 Å². The van der Waals surface area contributed by atoms with Crippen LogP contribution in [-0.2, 0) is 0 Å². The Kier molecular flexibility index (Phi) is 7.92. The summed E-state index contributed by atoms with van der Waals surface area (Å²) in [6.07, 6.45) is 2.67. The minimum Gasteiger partial charge on any atom is -0.402 e. The Bertz CT molecular complexity index is 194. The maximum absolute atomic E-state index is 7.17. The molecule has 12 heteroatoms. The largest absolute Gasteiger partial charge is 0.631 e. The van der Waals surface area contributed by atoms with Crippen molar-refractivity contribution in [1.29, 1.82) is 0 Å². The molecule has 2 aromatic rings. The lowest BCUT2D eigenvalue weighted by molar-refractivity contribution is 0.278. The lowest BCUT2D eigenvalue weighted by Gasteiger charge is -1.69. The van der Waals surface area contributed by atoms with E-state index in [1.165, 1.54) is 12.7 Å². The van der Waals surface area contributed by atoms with Crippen LogP contribution < -0.4 is 0 Å². The zero-order valence-electron chi connectivity index (χ0n) is 6.76. The molecule has 2 aromatic heterocycles. The molecule has 11 nitrogen and oxygen atoms in total. The molecule has 0 spiro atoms. The lowest BCUT2D eigenvalue weighted by Crippen LogP contribution is -2.07. The van der Waals surface area contributed by atoms with E-state index >= 15 is 0 Å². The third kappa shape index (κ3) is 12.7. The first-order valence-electron chi connectivity index (χ1n) is 3.10. The van der Waals surface area contributed by atoms with Crippen molar-refractivity contribution in [2.45, 2.75) is 0 Å². The van der Waals surface area contributed by atoms with Gasteiger partial charge in [-0.2, -0.15) is 10.4 Å². The second kappa shape index (κ2) is 9.18. The molecular weight excluding hydrogens is 195 g/mol. The number of hydrogen-bond donors (Lipinski definition) is 5. The second-order valence-electron chi connectivity index (χ2n) is 1.47. The third-order valence-corrected chi connectivity index (χ3v) is 0.539. The van der Waals surface area contributed by atoms with Crippen molar-refractivity contribution < 1.29 is 15.1 Å². The van der Waals surface area contributed by atoms with Crippen LogP contribution in [0.3, 0.4) is 0 Å². The molecule has 0 atom stereocenters. The molecule has 0 amide bonds. The van der Waals surface area contributed by atoms with Gasteiger partial charge in [0.15, 0.2) is 12.7 Å². The molecule has 76 valence electrons. The fraction of sp³-hybridized carbons (Fsp3) is 0. The van der Waals surface area contributed by atoms with Crippen molar-refractivity contribution in [3.63, 3.8) is 0 Å². The summed E-state index contributed by atoms with van der Waals surface area (Å²) in [6, 6.07) is 0. The molecule has 0 aliphatic rings. The molecule has 0 aliphatic heterocycles. The molecule has 0 aliphatic carbocycles. The van der Waals surface area contributed by atoms with Gasteiger partial charge in [0.25, 0.3) is 0 Å². The van der Waals surface area contributed by atoms with E-state index in [-0.39, 0.29) is 0 Å². The van der Waals surface area contributed by atoms with Gasteiger partial charge in [-0.25, -0.2) is 0 Å². The topological polar surface area (TPSA) is 170 Å². The highest BCUT2D eigenvalue weighted by atomic mass is 16.5. The van der Waals surface area contributed by atoms with E-state index in [1.807, 2.05) is 0 Å². The van der Waals surface area contributed by atoms with E-state index in [0.29, 0.717) is 0 Å².